The molecule has 1 fully saturated rings. The summed E-state index contributed by atoms with van der Waals surface area (Å²) in [6.45, 7) is 7.92. The fourth-order valence-corrected chi connectivity index (χ4v) is 5.25. The number of rotatable bonds is 10. The van der Waals surface area contributed by atoms with Crippen molar-refractivity contribution in [3.8, 4) is 5.75 Å². The SMILES string of the molecule is C/C=C/COC1C(OCCC2CCCCC2)c2cc(NCc3cccc(F)c3)ccc2OC1(C)C. The monoisotopic (exact) mass is 481 g/mol. The number of anilines is 1. The molecule has 1 heterocycles. The second kappa shape index (κ2) is 12.0. The molecule has 190 valence electrons. The number of allylic oxidation sites excluding steroid dienone is 1. The fraction of sp³-hybridized carbons (Fsp3) is 0.533. The minimum Gasteiger partial charge on any atom is -0.485 e. The van der Waals surface area contributed by atoms with Gasteiger partial charge in [-0.15, -0.1) is 0 Å². The molecule has 0 spiro atoms. The van der Waals surface area contributed by atoms with Crippen LogP contribution in [0.1, 0.15) is 76.5 Å². The van der Waals surface area contributed by atoms with Gasteiger partial charge in [0.1, 0.15) is 29.4 Å². The van der Waals surface area contributed by atoms with E-state index in [0.29, 0.717) is 13.2 Å². The molecule has 0 aromatic heterocycles. The van der Waals surface area contributed by atoms with E-state index in [1.54, 1.807) is 12.1 Å². The van der Waals surface area contributed by atoms with Crippen LogP contribution in [0.25, 0.3) is 0 Å². The lowest BCUT2D eigenvalue weighted by Gasteiger charge is -2.44. The lowest BCUT2D eigenvalue weighted by atomic mass is 9.86. The van der Waals surface area contributed by atoms with Gasteiger partial charge in [-0.25, -0.2) is 4.39 Å². The Labute approximate surface area is 209 Å². The van der Waals surface area contributed by atoms with Crippen molar-refractivity contribution in [3.05, 3.63) is 71.6 Å². The van der Waals surface area contributed by atoms with E-state index in [1.165, 1.54) is 38.2 Å². The third-order valence-corrected chi connectivity index (χ3v) is 7.19. The first-order valence-electron chi connectivity index (χ1n) is 13.1. The van der Waals surface area contributed by atoms with Crippen molar-refractivity contribution in [2.45, 2.75) is 83.6 Å². The molecule has 1 saturated carbocycles. The zero-order valence-corrected chi connectivity index (χ0v) is 21.4. The summed E-state index contributed by atoms with van der Waals surface area (Å²) in [5.41, 5.74) is 2.32. The number of hydrogen-bond acceptors (Lipinski definition) is 4. The molecular formula is C30H40FNO3. The first-order chi connectivity index (χ1) is 17.0. The fourth-order valence-electron chi connectivity index (χ4n) is 5.25. The Kier molecular flexibility index (Phi) is 8.85. The predicted octanol–water partition coefficient (Wildman–Crippen LogP) is 7.60. The van der Waals surface area contributed by atoms with Crippen LogP contribution in [-0.4, -0.2) is 24.9 Å². The highest BCUT2D eigenvalue weighted by Crippen LogP contribution is 2.44. The molecule has 1 aliphatic heterocycles. The summed E-state index contributed by atoms with van der Waals surface area (Å²) >= 11 is 0. The summed E-state index contributed by atoms with van der Waals surface area (Å²) in [6.07, 6.45) is 11.3. The highest BCUT2D eigenvalue weighted by molar-refractivity contribution is 5.54. The molecule has 0 saturated heterocycles. The molecule has 35 heavy (non-hydrogen) atoms. The standard InChI is InChI=1S/C30H40FNO3/c1-4-5-17-34-29-28(33-18-16-22-10-7-6-8-11-22)26-20-25(14-15-27(26)35-30(29,2)3)32-21-23-12-9-13-24(31)19-23/h4-5,9,12-15,19-20,22,28-29,32H,6-8,10-11,16-18,21H2,1-3H3/b5-4+. The third-order valence-electron chi connectivity index (χ3n) is 7.19. The summed E-state index contributed by atoms with van der Waals surface area (Å²) in [4.78, 5) is 0. The molecule has 2 atom stereocenters. The van der Waals surface area contributed by atoms with Crippen LogP contribution in [0.15, 0.2) is 54.6 Å². The van der Waals surface area contributed by atoms with Crippen LogP contribution in [0.5, 0.6) is 5.75 Å². The number of benzene rings is 2. The van der Waals surface area contributed by atoms with E-state index < -0.39 is 5.60 Å². The van der Waals surface area contributed by atoms with Gasteiger partial charge in [-0.1, -0.05) is 56.4 Å². The summed E-state index contributed by atoms with van der Waals surface area (Å²) in [5, 5.41) is 3.42. The molecule has 1 aliphatic carbocycles. The van der Waals surface area contributed by atoms with Gasteiger partial charge in [0.2, 0.25) is 0 Å². The van der Waals surface area contributed by atoms with E-state index in [4.69, 9.17) is 14.2 Å². The van der Waals surface area contributed by atoms with Crippen LogP contribution in [0.3, 0.4) is 0 Å². The van der Waals surface area contributed by atoms with Crippen molar-refractivity contribution < 1.29 is 18.6 Å². The van der Waals surface area contributed by atoms with Gasteiger partial charge >= 0.3 is 0 Å². The highest BCUT2D eigenvalue weighted by atomic mass is 19.1. The summed E-state index contributed by atoms with van der Waals surface area (Å²) in [5.74, 6) is 1.37. The lowest BCUT2D eigenvalue weighted by molar-refractivity contribution is -0.158. The molecule has 0 bridgehead atoms. The van der Waals surface area contributed by atoms with Crippen LogP contribution in [0, 0.1) is 11.7 Å². The molecule has 4 nitrogen and oxygen atoms in total. The smallest absolute Gasteiger partial charge is 0.132 e. The van der Waals surface area contributed by atoms with Crippen molar-refractivity contribution in [1.82, 2.24) is 0 Å². The maximum absolute atomic E-state index is 13.6. The summed E-state index contributed by atoms with van der Waals surface area (Å²) in [7, 11) is 0. The minimum atomic E-state index is -0.527. The Morgan fingerprint density at radius 2 is 1.91 bits per heavy atom. The van der Waals surface area contributed by atoms with Crippen molar-refractivity contribution in [2.75, 3.05) is 18.5 Å². The van der Waals surface area contributed by atoms with E-state index >= 15 is 0 Å². The van der Waals surface area contributed by atoms with Gasteiger partial charge in [-0.05, 0) is 69.0 Å². The number of hydrogen-bond donors (Lipinski definition) is 1. The van der Waals surface area contributed by atoms with Crippen LogP contribution in [0.4, 0.5) is 10.1 Å². The lowest BCUT2D eigenvalue weighted by Crippen LogP contribution is -2.51. The van der Waals surface area contributed by atoms with Gasteiger partial charge in [0, 0.05) is 24.4 Å². The van der Waals surface area contributed by atoms with Crippen LogP contribution in [0.2, 0.25) is 0 Å². The topological polar surface area (TPSA) is 39.7 Å². The normalized spacial score (nSPS) is 22.1. The van der Waals surface area contributed by atoms with Crippen molar-refractivity contribution in [2.24, 2.45) is 5.92 Å². The second-order valence-corrected chi connectivity index (χ2v) is 10.3. The van der Waals surface area contributed by atoms with E-state index in [-0.39, 0.29) is 18.0 Å². The second-order valence-electron chi connectivity index (χ2n) is 10.3. The highest BCUT2D eigenvalue weighted by Gasteiger charge is 2.45. The Balaban J connectivity index is 1.53. The van der Waals surface area contributed by atoms with Gasteiger partial charge in [0.15, 0.2) is 0 Å². The molecule has 0 amide bonds. The Morgan fingerprint density at radius 1 is 1.09 bits per heavy atom. The van der Waals surface area contributed by atoms with Gasteiger partial charge < -0.3 is 19.5 Å². The van der Waals surface area contributed by atoms with Crippen molar-refractivity contribution >= 4 is 5.69 Å². The average Bonchev–Trinajstić information content (AvgIpc) is 2.85. The van der Waals surface area contributed by atoms with Crippen molar-refractivity contribution in [1.29, 1.82) is 0 Å². The quantitative estimate of drug-likeness (QED) is 0.355. The number of nitrogens with one attached hydrogen (secondary N) is 1. The average molecular weight is 482 g/mol. The zero-order valence-electron chi connectivity index (χ0n) is 21.4. The van der Waals surface area contributed by atoms with Gasteiger partial charge in [-0.2, -0.15) is 0 Å². The molecule has 2 aliphatic rings. The summed E-state index contributed by atoms with van der Waals surface area (Å²) in [6, 6.07) is 12.8. The first-order valence-corrected chi connectivity index (χ1v) is 13.1. The first kappa shape index (κ1) is 25.7. The molecule has 5 heteroatoms. The van der Waals surface area contributed by atoms with E-state index in [0.717, 1.165) is 41.5 Å². The molecule has 2 aromatic carbocycles. The largest absolute Gasteiger partial charge is 0.485 e. The molecule has 1 N–H and O–H groups in total. The van der Waals surface area contributed by atoms with Gasteiger partial charge in [0.05, 0.1) is 6.61 Å². The molecule has 2 aromatic rings. The van der Waals surface area contributed by atoms with Crippen molar-refractivity contribution in [3.63, 3.8) is 0 Å². The van der Waals surface area contributed by atoms with E-state index in [9.17, 15) is 4.39 Å². The minimum absolute atomic E-state index is 0.224. The van der Waals surface area contributed by atoms with Crippen LogP contribution < -0.4 is 10.1 Å². The Hall–Kier alpha value is -2.37. The van der Waals surface area contributed by atoms with Gasteiger partial charge in [0.25, 0.3) is 0 Å². The van der Waals surface area contributed by atoms with Crippen LogP contribution >= 0.6 is 0 Å². The van der Waals surface area contributed by atoms with Crippen LogP contribution in [-0.2, 0) is 16.0 Å². The molecular weight excluding hydrogens is 441 g/mol. The Bertz CT molecular complexity index is 983. The molecule has 4 rings (SSSR count). The Morgan fingerprint density at radius 3 is 2.69 bits per heavy atom. The zero-order chi connectivity index (χ0) is 24.7. The maximum atomic E-state index is 13.6. The summed E-state index contributed by atoms with van der Waals surface area (Å²) < 4.78 is 33.0. The van der Waals surface area contributed by atoms with E-state index in [1.807, 2.05) is 37.3 Å². The number of fused-ring (bicyclic) bond motifs is 1. The third kappa shape index (κ3) is 6.86. The molecule has 2 unspecified atom stereocenters. The molecule has 0 radical (unpaired) electrons. The number of halogens is 1. The van der Waals surface area contributed by atoms with E-state index in [2.05, 4.69) is 25.2 Å². The van der Waals surface area contributed by atoms with Gasteiger partial charge in [-0.3, -0.25) is 0 Å². The maximum Gasteiger partial charge on any atom is 0.132 e. The number of ether oxygens (including phenoxy) is 3. The predicted molar refractivity (Wildman–Crippen MR) is 139 cm³/mol.